The predicted molar refractivity (Wildman–Crippen MR) is 132 cm³/mol. The maximum absolute atomic E-state index is 12.4. The zero-order valence-corrected chi connectivity index (χ0v) is 20.3. The van der Waals surface area contributed by atoms with E-state index in [9.17, 15) is 10.1 Å². The molecule has 0 atom stereocenters. The number of rotatable bonds is 9. The number of pyridine rings is 3. The van der Waals surface area contributed by atoms with Crippen LogP contribution in [0.3, 0.4) is 0 Å². The number of ether oxygens (including phenoxy) is 1. The lowest BCUT2D eigenvalue weighted by Crippen LogP contribution is -2.28. The Morgan fingerprint density at radius 1 is 1.12 bits per heavy atom. The zero-order valence-electron chi connectivity index (χ0n) is 19.5. The fraction of sp³-hybridized carbons (Fsp3) is 0.292. The molecule has 176 valence electrons. The van der Waals surface area contributed by atoms with Gasteiger partial charge in [-0.1, -0.05) is 17.7 Å². The number of likely N-dealkylation sites (N-methyl/N-ethyl adjacent to an activating group) is 2. The van der Waals surface area contributed by atoms with Crippen molar-refractivity contribution in [1.82, 2.24) is 19.9 Å². The smallest absolute Gasteiger partial charge is 0.230 e. The van der Waals surface area contributed by atoms with Gasteiger partial charge in [-0.2, -0.15) is 5.26 Å². The van der Waals surface area contributed by atoms with Gasteiger partial charge in [-0.15, -0.1) is 0 Å². The molecule has 0 aliphatic heterocycles. The molecule has 0 radical (unpaired) electrons. The molecule has 3 aromatic rings. The first kappa shape index (κ1) is 24.9. The summed E-state index contributed by atoms with van der Waals surface area (Å²) in [5, 5.41) is 12.5. The van der Waals surface area contributed by atoms with Crippen LogP contribution in [0.4, 0.5) is 11.5 Å². The van der Waals surface area contributed by atoms with Gasteiger partial charge in [-0.05, 0) is 37.9 Å². The molecule has 10 heteroatoms. The number of nitrogens with zero attached hydrogens (tertiary/aromatic N) is 6. The van der Waals surface area contributed by atoms with Gasteiger partial charge in [0.15, 0.2) is 0 Å². The standard InChI is InChI=1S/C24H26ClN7O2/c1-31(2)7-8-32(3)18-10-17(13-26)29-21(11-18)20-6-5-16(14-27-20)9-24(33)30-23-12-22(34-4)19(25)15-28-23/h5-6,10-12,14-15H,7-9H2,1-4H3,(H,28,30,33). The highest BCUT2D eigenvalue weighted by Gasteiger charge is 2.12. The lowest BCUT2D eigenvalue weighted by atomic mass is 10.1. The van der Waals surface area contributed by atoms with Crippen LogP contribution in [0, 0.1) is 11.3 Å². The molecule has 3 heterocycles. The number of methoxy groups -OCH3 is 1. The Hall–Kier alpha value is -3.74. The van der Waals surface area contributed by atoms with E-state index in [4.69, 9.17) is 16.3 Å². The van der Waals surface area contributed by atoms with Crippen molar-refractivity contribution in [2.24, 2.45) is 0 Å². The number of aromatic nitrogens is 3. The molecule has 0 saturated heterocycles. The Balaban J connectivity index is 1.72. The van der Waals surface area contributed by atoms with E-state index in [2.05, 4.69) is 36.1 Å². The summed E-state index contributed by atoms with van der Waals surface area (Å²) in [6.45, 7) is 1.68. The third-order valence-electron chi connectivity index (χ3n) is 5.01. The van der Waals surface area contributed by atoms with Crippen LogP contribution in [0.25, 0.3) is 11.4 Å². The molecule has 1 N–H and O–H groups in total. The normalized spacial score (nSPS) is 10.6. The van der Waals surface area contributed by atoms with Gasteiger partial charge in [-0.3, -0.25) is 9.78 Å². The van der Waals surface area contributed by atoms with Crippen LogP contribution in [0.1, 0.15) is 11.3 Å². The molecule has 0 aliphatic rings. The lowest BCUT2D eigenvalue weighted by molar-refractivity contribution is -0.115. The zero-order chi connectivity index (χ0) is 24.7. The number of anilines is 2. The molecule has 3 rings (SSSR count). The summed E-state index contributed by atoms with van der Waals surface area (Å²) < 4.78 is 5.14. The second-order valence-electron chi connectivity index (χ2n) is 7.91. The molecule has 0 fully saturated rings. The van der Waals surface area contributed by atoms with Crippen LogP contribution < -0.4 is 15.0 Å². The van der Waals surface area contributed by atoms with Crippen molar-refractivity contribution >= 4 is 29.0 Å². The Morgan fingerprint density at radius 3 is 2.56 bits per heavy atom. The number of carbonyl (C=O) groups excluding carboxylic acids is 1. The Morgan fingerprint density at radius 2 is 1.91 bits per heavy atom. The van der Waals surface area contributed by atoms with Crippen molar-refractivity contribution in [2.45, 2.75) is 6.42 Å². The van der Waals surface area contributed by atoms with Crippen molar-refractivity contribution in [1.29, 1.82) is 5.26 Å². The van der Waals surface area contributed by atoms with Gasteiger partial charge in [-0.25, -0.2) is 9.97 Å². The fourth-order valence-electron chi connectivity index (χ4n) is 3.10. The third kappa shape index (κ3) is 6.63. The summed E-state index contributed by atoms with van der Waals surface area (Å²) in [5.41, 5.74) is 3.15. The Bertz CT molecular complexity index is 1190. The molecule has 34 heavy (non-hydrogen) atoms. The number of nitriles is 1. The first-order valence-corrected chi connectivity index (χ1v) is 10.9. The van der Waals surface area contributed by atoms with Crippen LogP contribution in [0.2, 0.25) is 5.02 Å². The number of hydrogen-bond donors (Lipinski definition) is 1. The average Bonchev–Trinajstić information content (AvgIpc) is 2.83. The van der Waals surface area contributed by atoms with E-state index < -0.39 is 0 Å². The molecule has 0 bridgehead atoms. The monoisotopic (exact) mass is 479 g/mol. The van der Waals surface area contributed by atoms with Gasteiger partial charge >= 0.3 is 0 Å². The van der Waals surface area contributed by atoms with Crippen LogP contribution in [-0.4, -0.2) is 67.1 Å². The summed E-state index contributed by atoms with van der Waals surface area (Å²) in [5.74, 6) is 0.525. The first-order valence-electron chi connectivity index (χ1n) is 10.5. The first-order chi connectivity index (χ1) is 16.3. The molecular formula is C24H26ClN7O2. The number of amides is 1. The molecule has 0 unspecified atom stereocenters. The van der Waals surface area contributed by atoms with Crippen molar-refractivity contribution in [2.75, 3.05) is 51.6 Å². The van der Waals surface area contributed by atoms with Gasteiger partial charge in [0.05, 0.1) is 31.1 Å². The number of carbonyl (C=O) groups is 1. The van der Waals surface area contributed by atoms with Crippen LogP contribution in [-0.2, 0) is 11.2 Å². The summed E-state index contributed by atoms with van der Waals surface area (Å²) >= 11 is 5.97. The second-order valence-corrected chi connectivity index (χ2v) is 8.32. The van der Waals surface area contributed by atoms with E-state index in [1.54, 1.807) is 24.4 Å². The van der Waals surface area contributed by atoms with Crippen molar-refractivity contribution < 1.29 is 9.53 Å². The second kappa shape index (κ2) is 11.4. The SMILES string of the molecule is COc1cc(NC(=O)Cc2ccc(-c3cc(N(C)CCN(C)C)cc(C#N)n3)nc2)ncc1Cl. The molecule has 0 aliphatic carbocycles. The predicted octanol–water partition coefficient (Wildman–Crippen LogP) is 3.25. The highest BCUT2D eigenvalue weighted by Crippen LogP contribution is 2.25. The molecule has 1 amide bonds. The van der Waals surface area contributed by atoms with Crippen LogP contribution in [0.15, 0.2) is 42.7 Å². The van der Waals surface area contributed by atoms with E-state index in [0.717, 1.165) is 24.3 Å². The number of halogens is 1. The van der Waals surface area contributed by atoms with E-state index in [1.807, 2.05) is 33.3 Å². The number of hydrogen-bond acceptors (Lipinski definition) is 8. The molecule has 9 nitrogen and oxygen atoms in total. The van der Waals surface area contributed by atoms with Crippen molar-refractivity contribution in [3.8, 4) is 23.2 Å². The maximum Gasteiger partial charge on any atom is 0.230 e. The average molecular weight is 480 g/mol. The summed E-state index contributed by atoms with van der Waals surface area (Å²) in [6.07, 6.45) is 3.16. The number of nitrogens with one attached hydrogen (secondary N) is 1. The van der Waals surface area contributed by atoms with E-state index in [0.29, 0.717) is 33.7 Å². The lowest BCUT2D eigenvalue weighted by Gasteiger charge is -2.22. The topological polar surface area (TPSA) is 107 Å². The summed E-state index contributed by atoms with van der Waals surface area (Å²) in [7, 11) is 7.50. The minimum atomic E-state index is -0.249. The van der Waals surface area contributed by atoms with Gasteiger partial charge in [0, 0.05) is 38.1 Å². The largest absolute Gasteiger partial charge is 0.495 e. The van der Waals surface area contributed by atoms with E-state index in [-0.39, 0.29) is 12.3 Å². The van der Waals surface area contributed by atoms with Crippen LogP contribution in [0.5, 0.6) is 5.75 Å². The summed E-state index contributed by atoms with van der Waals surface area (Å²) in [6, 6.07) is 10.9. The maximum atomic E-state index is 12.4. The Labute approximate surface area is 204 Å². The quantitative estimate of drug-likeness (QED) is 0.498. The summed E-state index contributed by atoms with van der Waals surface area (Å²) in [4.78, 5) is 29.5. The fourth-order valence-corrected chi connectivity index (χ4v) is 3.28. The molecule has 0 aromatic carbocycles. The molecular weight excluding hydrogens is 454 g/mol. The molecule has 0 spiro atoms. The van der Waals surface area contributed by atoms with Crippen molar-refractivity contribution in [3.63, 3.8) is 0 Å². The minimum Gasteiger partial charge on any atom is -0.495 e. The highest BCUT2D eigenvalue weighted by atomic mass is 35.5. The minimum absolute atomic E-state index is 0.115. The van der Waals surface area contributed by atoms with Gasteiger partial charge in [0.25, 0.3) is 0 Å². The van der Waals surface area contributed by atoms with Gasteiger partial charge in [0.1, 0.15) is 28.4 Å². The third-order valence-corrected chi connectivity index (χ3v) is 5.29. The van der Waals surface area contributed by atoms with Crippen molar-refractivity contribution in [3.05, 3.63) is 59.0 Å². The van der Waals surface area contributed by atoms with Gasteiger partial charge in [0.2, 0.25) is 5.91 Å². The van der Waals surface area contributed by atoms with E-state index in [1.165, 1.54) is 13.3 Å². The Kier molecular flexibility index (Phi) is 8.35. The van der Waals surface area contributed by atoms with Gasteiger partial charge < -0.3 is 19.9 Å². The highest BCUT2D eigenvalue weighted by molar-refractivity contribution is 6.32. The van der Waals surface area contributed by atoms with E-state index >= 15 is 0 Å². The molecule has 3 aromatic heterocycles. The van der Waals surface area contributed by atoms with Crippen LogP contribution >= 0.6 is 11.6 Å². The molecule has 0 saturated carbocycles.